The van der Waals surface area contributed by atoms with E-state index < -0.39 is 0 Å². The number of thiophene rings is 1. The van der Waals surface area contributed by atoms with Crippen molar-refractivity contribution in [2.75, 3.05) is 11.9 Å². The van der Waals surface area contributed by atoms with Gasteiger partial charge in [-0.15, -0.1) is 11.3 Å². The maximum atomic E-state index is 12.6. The molecule has 2 aromatic rings. The maximum Gasteiger partial charge on any atom is 0.227 e. The van der Waals surface area contributed by atoms with Crippen LogP contribution >= 0.6 is 11.3 Å². The first-order chi connectivity index (χ1) is 11.1. The Hall–Kier alpha value is -2.14. The first-order valence-electron chi connectivity index (χ1n) is 7.75. The molecule has 1 aliphatic heterocycles. The summed E-state index contributed by atoms with van der Waals surface area (Å²) < 4.78 is 0. The van der Waals surface area contributed by atoms with Crippen LogP contribution in [0.3, 0.4) is 0 Å². The van der Waals surface area contributed by atoms with Crippen LogP contribution in [0.5, 0.6) is 0 Å². The van der Waals surface area contributed by atoms with E-state index in [0.717, 1.165) is 16.1 Å². The average molecular weight is 328 g/mol. The number of hydrogen-bond acceptors (Lipinski definition) is 3. The summed E-state index contributed by atoms with van der Waals surface area (Å²) in [5.41, 5.74) is 2.00. The van der Waals surface area contributed by atoms with Gasteiger partial charge in [-0.3, -0.25) is 9.59 Å². The third-order valence-electron chi connectivity index (χ3n) is 4.33. The molecule has 1 N–H and O–H groups in total. The van der Waals surface area contributed by atoms with Crippen molar-refractivity contribution >= 4 is 28.8 Å². The number of hydrogen-bond donors (Lipinski definition) is 1. The summed E-state index contributed by atoms with van der Waals surface area (Å²) in [5, 5.41) is 4.74. The van der Waals surface area contributed by atoms with Crippen LogP contribution in [-0.4, -0.2) is 18.9 Å². The summed E-state index contributed by atoms with van der Waals surface area (Å²) in [7, 11) is 1.65. The number of carbonyl (C=O) groups excluding carboxylic acids is 2. The van der Waals surface area contributed by atoms with Gasteiger partial charge in [-0.2, -0.15) is 0 Å². The summed E-state index contributed by atoms with van der Waals surface area (Å²) in [6, 6.07) is 11.6. The zero-order valence-corrected chi connectivity index (χ0v) is 14.1. The number of carbonyl (C=O) groups is 2. The van der Waals surface area contributed by atoms with Crippen molar-refractivity contribution in [1.82, 2.24) is 5.32 Å². The van der Waals surface area contributed by atoms with Crippen LogP contribution in [0.2, 0.25) is 0 Å². The normalized spacial score (nSPS) is 21.3. The van der Waals surface area contributed by atoms with Crippen LogP contribution in [0.25, 0.3) is 0 Å². The summed E-state index contributed by atoms with van der Waals surface area (Å²) in [5.74, 6) is -0.155. The Morgan fingerprint density at radius 2 is 2.00 bits per heavy atom. The zero-order valence-electron chi connectivity index (χ0n) is 13.3. The molecule has 0 saturated carbocycles. The molecule has 2 atom stereocenters. The predicted molar refractivity (Wildman–Crippen MR) is 92.5 cm³/mol. The van der Waals surface area contributed by atoms with E-state index in [1.54, 1.807) is 23.3 Å². The molecule has 3 rings (SSSR count). The molecule has 0 radical (unpaired) electrons. The molecule has 1 fully saturated rings. The van der Waals surface area contributed by atoms with Gasteiger partial charge in [0.25, 0.3) is 0 Å². The molecule has 5 heteroatoms. The number of aryl methyl sites for hydroxylation is 1. The molecule has 1 aromatic carbocycles. The fourth-order valence-electron chi connectivity index (χ4n) is 3.15. The molecule has 0 unspecified atom stereocenters. The van der Waals surface area contributed by atoms with Crippen molar-refractivity contribution in [2.45, 2.75) is 25.8 Å². The summed E-state index contributed by atoms with van der Waals surface area (Å²) >= 11 is 1.59. The largest absolute Gasteiger partial charge is 0.359 e. The fraction of sp³-hybridized carbons (Fsp3) is 0.333. The number of benzene rings is 1. The van der Waals surface area contributed by atoms with Gasteiger partial charge in [0.1, 0.15) is 0 Å². The molecule has 2 amide bonds. The Labute approximate surface area is 140 Å². The Bertz CT molecular complexity index is 694. The lowest BCUT2D eigenvalue weighted by Crippen LogP contribution is -2.47. The average Bonchev–Trinajstić information content (AvgIpc) is 3.09. The fourth-order valence-corrected chi connectivity index (χ4v) is 4.03. The number of anilines is 1. The van der Waals surface area contributed by atoms with Gasteiger partial charge in [-0.05, 0) is 36.9 Å². The smallest absolute Gasteiger partial charge is 0.227 e. The van der Waals surface area contributed by atoms with Gasteiger partial charge < -0.3 is 10.2 Å². The van der Waals surface area contributed by atoms with Crippen molar-refractivity contribution < 1.29 is 9.59 Å². The van der Waals surface area contributed by atoms with E-state index in [0.29, 0.717) is 12.8 Å². The van der Waals surface area contributed by atoms with E-state index >= 15 is 0 Å². The third kappa shape index (κ3) is 3.01. The number of nitrogens with one attached hydrogen (secondary N) is 1. The lowest BCUT2D eigenvalue weighted by atomic mass is 9.86. The van der Waals surface area contributed by atoms with Crippen molar-refractivity contribution in [3.63, 3.8) is 0 Å². The van der Waals surface area contributed by atoms with Crippen molar-refractivity contribution in [3.8, 4) is 0 Å². The molecule has 4 nitrogen and oxygen atoms in total. The van der Waals surface area contributed by atoms with Crippen LogP contribution in [0, 0.1) is 12.8 Å². The molecule has 0 aliphatic carbocycles. The second kappa shape index (κ2) is 6.54. The van der Waals surface area contributed by atoms with Crippen molar-refractivity contribution in [2.24, 2.45) is 5.92 Å². The Morgan fingerprint density at radius 3 is 2.61 bits per heavy atom. The van der Waals surface area contributed by atoms with Gasteiger partial charge in [-0.1, -0.05) is 23.8 Å². The summed E-state index contributed by atoms with van der Waals surface area (Å²) in [6.07, 6.45) is 0.983. The molecule has 1 aliphatic rings. The second-order valence-corrected chi connectivity index (χ2v) is 6.80. The highest BCUT2D eigenvalue weighted by Crippen LogP contribution is 2.41. The monoisotopic (exact) mass is 328 g/mol. The molecule has 1 saturated heterocycles. The third-order valence-corrected chi connectivity index (χ3v) is 5.27. The van der Waals surface area contributed by atoms with Gasteiger partial charge in [0.05, 0.1) is 12.0 Å². The van der Waals surface area contributed by atoms with Crippen LogP contribution in [0.15, 0.2) is 41.8 Å². The Morgan fingerprint density at radius 1 is 1.26 bits per heavy atom. The molecule has 120 valence electrons. The molecule has 23 heavy (non-hydrogen) atoms. The van der Waals surface area contributed by atoms with Gasteiger partial charge in [-0.25, -0.2) is 0 Å². The minimum atomic E-state index is -0.237. The highest BCUT2D eigenvalue weighted by atomic mass is 32.1. The van der Waals surface area contributed by atoms with Crippen LogP contribution in [-0.2, 0) is 9.59 Å². The van der Waals surface area contributed by atoms with Gasteiger partial charge >= 0.3 is 0 Å². The molecule has 0 spiro atoms. The van der Waals surface area contributed by atoms with E-state index in [9.17, 15) is 9.59 Å². The molecule has 0 bridgehead atoms. The van der Waals surface area contributed by atoms with E-state index in [1.165, 1.54) is 0 Å². The topological polar surface area (TPSA) is 49.4 Å². The molecule has 2 heterocycles. The molecular formula is C18H20N2O2S. The standard InChI is InChI=1S/C18H20N2O2S/c1-12-5-7-13(8-6-12)20-16(21)10-9-14(18(22)19-2)17(20)15-4-3-11-23-15/h3-8,11,14,17H,9-10H2,1-2H3,(H,19,22)/t14-,17+/m1/s1. The first-order valence-corrected chi connectivity index (χ1v) is 8.63. The second-order valence-electron chi connectivity index (χ2n) is 5.82. The van der Waals surface area contributed by atoms with Crippen molar-refractivity contribution in [3.05, 3.63) is 52.2 Å². The Balaban J connectivity index is 2.06. The zero-order chi connectivity index (χ0) is 16.4. The number of rotatable bonds is 3. The van der Waals surface area contributed by atoms with E-state index in [4.69, 9.17) is 0 Å². The van der Waals surface area contributed by atoms with E-state index in [-0.39, 0.29) is 23.8 Å². The van der Waals surface area contributed by atoms with Gasteiger partial charge in [0.15, 0.2) is 0 Å². The van der Waals surface area contributed by atoms with E-state index in [2.05, 4.69) is 5.32 Å². The number of piperidine rings is 1. The molecular weight excluding hydrogens is 308 g/mol. The maximum absolute atomic E-state index is 12.6. The predicted octanol–water partition coefficient (Wildman–Crippen LogP) is 3.29. The first kappa shape index (κ1) is 15.7. The highest BCUT2D eigenvalue weighted by molar-refractivity contribution is 7.10. The number of nitrogens with zero attached hydrogens (tertiary/aromatic N) is 1. The van der Waals surface area contributed by atoms with Gasteiger partial charge in [0.2, 0.25) is 11.8 Å². The summed E-state index contributed by atoms with van der Waals surface area (Å²) in [6.45, 7) is 2.02. The van der Waals surface area contributed by atoms with Crippen LogP contribution < -0.4 is 10.2 Å². The van der Waals surface area contributed by atoms with Gasteiger partial charge in [0, 0.05) is 24.0 Å². The summed E-state index contributed by atoms with van der Waals surface area (Å²) in [4.78, 5) is 27.9. The minimum absolute atomic E-state index is 0.00647. The van der Waals surface area contributed by atoms with E-state index in [1.807, 2.05) is 48.7 Å². The van der Waals surface area contributed by atoms with Crippen molar-refractivity contribution in [1.29, 1.82) is 0 Å². The quantitative estimate of drug-likeness (QED) is 0.940. The highest BCUT2D eigenvalue weighted by Gasteiger charge is 2.41. The lowest BCUT2D eigenvalue weighted by Gasteiger charge is -2.40. The van der Waals surface area contributed by atoms with Crippen LogP contribution in [0.1, 0.15) is 29.3 Å². The van der Waals surface area contributed by atoms with Crippen LogP contribution in [0.4, 0.5) is 5.69 Å². The Kier molecular flexibility index (Phi) is 4.48. The number of amides is 2. The SMILES string of the molecule is CNC(=O)[C@@H]1CCC(=O)N(c2ccc(C)cc2)[C@@H]1c1cccs1. The lowest BCUT2D eigenvalue weighted by molar-refractivity contribution is -0.128. The molecule has 1 aromatic heterocycles. The minimum Gasteiger partial charge on any atom is -0.359 e.